The van der Waals surface area contributed by atoms with Crippen LogP contribution in [0.4, 0.5) is 0 Å². The summed E-state index contributed by atoms with van der Waals surface area (Å²) in [7, 11) is 0. The first-order chi connectivity index (χ1) is 7.50. The quantitative estimate of drug-likeness (QED) is 0.412. The van der Waals surface area contributed by atoms with Crippen LogP contribution < -0.4 is 0 Å². The maximum absolute atomic E-state index is 11.6. The van der Waals surface area contributed by atoms with Gasteiger partial charge in [-0.15, -0.1) is 0 Å². The van der Waals surface area contributed by atoms with Crippen molar-refractivity contribution in [1.82, 2.24) is 0 Å². The fourth-order valence-corrected chi connectivity index (χ4v) is 1.98. The van der Waals surface area contributed by atoms with Crippen molar-refractivity contribution < 1.29 is 24.6 Å². The Bertz CT molecular complexity index is 403. The molecular weight excluding hydrogens is 212 g/mol. The van der Waals surface area contributed by atoms with E-state index in [9.17, 15) is 19.5 Å². The summed E-state index contributed by atoms with van der Waals surface area (Å²) in [5.74, 6) is -3.46. The van der Waals surface area contributed by atoms with Gasteiger partial charge in [0.15, 0.2) is 5.78 Å². The van der Waals surface area contributed by atoms with Crippen LogP contribution in [-0.4, -0.2) is 27.7 Å². The van der Waals surface area contributed by atoms with E-state index < -0.39 is 17.7 Å². The van der Waals surface area contributed by atoms with Gasteiger partial charge in [-0.25, -0.2) is 0 Å². The van der Waals surface area contributed by atoms with Crippen LogP contribution in [0.25, 0.3) is 0 Å². The number of aliphatic hydroxyl groups is 1. The molecule has 0 aromatic carbocycles. The van der Waals surface area contributed by atoms with E-state index in [1.165, 1.54) is 0 Å². The highest BCUT2D eigenvalue weighted by atomic mass is 16.4. The monoisotopic (exact) mass is 224 g/mol. The lowest BCUT2D eigenvalue weighted by atomic mass is 9.81. The van der Waals surface area contributed by atoms with Gasteiger partial charge in [-0.05, 0) is 12.8 Å². The molecule has 86 valence electrons. The lowest BCUT2D eigenvalue weighted by Crippen LogP contribution is -2.32. The number of hydrogen-bond acceptors (Lipinski definition) is 4. The molecule has 16 heavy (non-hydrogen) atoms. The zero-order valence-corrected chi connectivity index (χ0v) is 8.60. The number of allylic oxidation sites excluding steroid dienone is 1. The Morgan fingerprint density at radius 2 is 1.81 bits per heavy atom. The second-order valence-electron chi connectivity index (χ2n) is 4.31. The highest BCUT2D eigenvalue weighted by Crippen LogP contribution is 2.40. The Labute approximate surface area is 91.8 Å². The Morgan fingerprint density at radius 1 is 1.19 bits per heavy atom. The van der Waals surface area contributed by atoms with Gasteiger partial charge in [0.25, 0.3) is 0 Å². The molecule has 0 saturated heterocycles. The van der Waals surface area contributed by atoms with Crippen molar-refractivity contribution in [3.8, 4) is 0 Å². The van der Waals surface area contributed by atoms with E-state index in [1.54, 1.807) is 0 Å². The third-order valence-corrected chi connectivity index (χ3v) is 2.98. The van der Waals surface area contributed by atoms with Gasteiger partial charge < -0.3 is 10.2 Å². The number of carboxylic acid groups (broad SMARTS) is 1. The predicted molar refractivity (Wildman–Crippen MR) is 52.8 cm³/mol. The van der Waals surface area contributed by atoms with Gasteiger partial charge in [-0.2, -0.15) is 0 Å². The van der Waals surface area contributed by atoms with Crippen molar-refractivity contribution in [3.63, 3.8) is 0 Å². The minimum atomic E-state index is -1.22. The van der Waals surface area contributed by atoms with Crippen molar-refractivity contribution in [2.24, 2.45) is 11.8 Å². The number of carbonyl (C=O) groups is 3. The molecular formula is C11H12O5. The van der Waals surface area contributed by atoms with Crippen LogP contribution in [0.2, 0.25) is 0 Å². The van der Waals surface area contributed by atoms with Gasteiger partial charge in [0.05, 0.1) is 12.3 Å². The van der Waals surface area contributed by atoms with Gasteiger partial charge in [-0.1, -0.05) is 0 Å². The lowest BCUT2D eigenvalue weighted by molar-refractivity contribution is -0.145. The fourth-order valence-electron chi connectivity index (χ4n) is 1.98. The van der Waals surface area contributed by atoms with Crippen molar-refractivity contribution in [2.75, 3.05) is 0 Å². The van der Waals surface area contributed by atoms with Crippen molar-refractivity contribution >= 4 is 17.5 Å². The van der Waals surface area contributed by atoms with Crippen LogP contribution in [0.5, 0.6) is 0 Å². The van der Waals surface area contributed by atoms with Crippen molar-refractivity contribution in [2.45, 2.75) is 25.7 Å². The molecule has 2 N–H and O–H groups in total. The maximum Gasteiger partial charge on any atom is 0.311 e. The molecule has 2 fully saturated rings. The highest BCUT2D eigenvalue weighted by Gasteiger charge is 2.41. The summed E-state index contributed by atoms with van der Waals surface area (Å²) >= 11 is 0. The van der Waals surface area contributed by atoms with Crippen LogP contribution in [0.1, 0.15) is 25.7 Å². The van der Waals surface area contributed by atoms with Crippen LogP contribution in [-0.2, 0) is 14.4 Å². The smallest absolute Gasteiger partial charge is 0.311 e. The number of aliphatic hydroxyl groups excluding tert-OH is 1. The fraction of sp³-hybridized carbons (Fsp3) is 0.545. The third kappa shape index (κ3) is 1.85. The Kier molecular flexibility index (Phi) is 2.53. The zero-order valence-electron chi connectivity index (χ0n) is 8.60. The number of ketones is 2. The number of carbonyl (C=O) groups excluding carboxylic acids is 2. The summed E-state index contributed by atoms with van der Waals surface area (Å²) < 4.78 is 0. The molecule has 2 aliphatic rings. The average molecular weight is 224 g/mol. The summed E-state index contributed by atoms with van der Waals surface area (Å²) in [6.07, 6.45) is 1.09. The molecule has 0 bridgehead atoms. The van der Waals surface area contributed by atoms with Crippen LogP contribution in [0, 0.1) is 11.8 Å². The van der Waals surface area contributed by atoms with Crippen molar-refractivity contribution in [3.05, 3.63) is 11.3 Å². The molecule has 0 aliphatic heterocycles. The first-order valence-electron chi connectivity index (χ1n) is 5.21. The maximum atomic E-state index is 11.6. The summed E-state index contributed by atoms with van der Waals surface area (Å²) in [6.45, 7) is 0. The number of carboxylic acids is 1. The largest absolute Gasteiger partial charge is 0.512 e. The molecule has 1 atom stereocenters. The highest BCUT2D eigenvalue weighted by molar-refractivity contribution is 6.14. The molecule has 1 unspecified atom stereocenters. The lowest BCUT2D eigenvalue weighted by Gasteiger charge is -2.21. The third-order valence-electron chi connectivity index (χ3n) is 2.98. The molecule has 0 radical (unpaired) electrons. The minimum absolute atomic E-state index is 0.0467. The van der Waals surface area contributed by atoms with Gasteiger partial charge in [0, 0.05) is 17.9 Å². The van der Waals surface area contributed by atoms with Crippen LogP contribution >= 0.6 is 0 Å². The van der Waals surface area contributed by atoms with E-state index in [1.807, 2.05) is 0 Å². The van der Waals surface area contributed by atoms with E-state index in [-0.39, 0.29) is 35.9 Å². The number of aliphatic carboxylic acids is 1. The van der Waals surface area contributed by atoms with Gasteiger partial charge in [-0.3, -0.25) is 14.4 Å². The first-order valence-corrected chi connectivity index (χ1v) is 5.21. The molecule has 2 aliphatic carbocycles. The minimum Gasteiger partial charge on any atom is -0.512 e. The molecule has 5 heteroatoms. The van der Waals surface area contributed by atoms with E-state index in [0.29, 0.717) is 0 Å². The summed E-state index contributed by atoms with van der Waals surface area (Å²) in [4.78, 5) is 33.7. The van der Waals surface area contributed by atoms with E-state index >= 15 is 0 Å². The number of Topliss-reactive ketones (excluding diaryl/α,β-unsaturated/α-hetero) is 2. The number of hydrogen-bond donors (Lipinski definition) is 2. The van der Waals surface area contributed by atoms with E-state index in [4.69, 9.17) is 5.11 Å². The molecule has 0 aromatic rings. The summed E-state index contributed by atoms with van der Waals surface area (Å²) in [6, 6.07) is 0. The van der Waals surface area contributed by atoms with Crippen LogP contribution in [0.15, 0.2) is 11.3 Å². The molecule has 0 aromatic heterocycles. The second-order valence-corrected chi connectivity index (χ2v) is 4.31. The first kappa shape index (κ1) is 10.9. The molecule has 2 saturated carbocycles. The topological polar surface area (TPSA) is 91.7 Å². The Balaban J connectivity index is 2.38. The predicted octanol–water partition coefficient (Wildman–Crippen LogP) is 0.841. The van der Waals surface area contributed by atoms with E-state index in [0.717, 1.165) is 12.8 Å². The van der Waals surface area contributed by atoms with Crippen LogP contribution in [0.3, 0.4) is 0 Å². The molecule has 0 spiro atoms. The standard InChI is InChI=1S/C11H12O5/c12-6-3-7(11(15)16)9(8(13)4-6)10(14)5-1-2-5/h5,7,14H,1-4H2,(H,15,16). The summed E-state index contributed by atoms with van der Waals surface area (Å²) in [5.41, 5.74) is -0.0467. The van der Waals surface area contributed by atoms with E-state index in [2.05, 4.69) is 0 Å². The van der Waals surface area contributed by atoms with Crippen molar-refractivity contribution in [1.29, 1.82) is 0 Å². The average Bonchev–Trinajstić information content (AvgIpc) is 2.98. The Morgan fingerprint density at radius 3 is 2.31 bits per heavy atom. The normalized spacial score (nSPS) is 29.1. The SMILES string of the molecule is O=C1CC(=O)C(=C(O)C2CC2)C(C(=O)O)C1. The Hall–Kier alpha value is -1.65. The summed E-state index contributed by atoms with van der Waals surface area (Å²) in [5, 5.41) is 18.7. The molecule has 2 rings (SSSR count). The molecule has 0 heterocycles. The van der Waals surface area contributed by atoms with Gasteiger partial charge in [0.2, 0.25) is 0 Å². The van der Waals surface area contributed by atoms with Gasteiger partial charge in [0.1, 0.15) is 11.5 Å². The van der Waals surface area contributed by atoms with Gasteiger partial charge >= 0.3 is 5.97 Å². The molecule has 0 amide bonds. The number of rotatable bonds is 2. The zero-order chi connectivity index (χ0) is 11.9. The molecule has 5 nitrogen and oxygen atoms in total. The second kappa shape index (κ2) is 3.73.